The molecule has 3 rings (SSSR count). The van der Waals surface area contributed by atoms with Crippen molar-refractivity contribution in [3.63, 3.8) is 0 Å². The third kappa shape index (κ3) is 4.38. The molecule has 1 saturated carbocycles. The van der Waals surface area contributed by atoms with E-state index in [9.17, 15) is 4.79 Å². The number of ether oxygens (including phenoxy) is 2. The Morgan fingerprint density at radius 1 is 1.35 bits per heavy atom. The Labute approximate surface area is 137 Å². The molecule has 1 aromatic carbocycles. The molecule has 2 atom stereocenters. The number of carbonyl (C=O) groups is 1. The highest BCUT2D eigenvalue weighted by molar-refractivity contribution is 5.78. The molecule has 1 N–H and O–H groups in total. The summed E-state index contributed by atoms with van der Waals surface area (Å²) in [6.45, 7) is 6.60. The molecule has 1 aromatic rings. The molecule has 0 saturated heterocycles. The van der Waals surface area contributed by atoms with E-state index in [4.69, 9.17) is 9.47 Å². The molecule has 0 bridgehead atoms. The van der Waals surface area contributed by atoms with Gasteiger partial charge in [-0.25, -0.2) is 0 Å². The summed E-state index contributed by atoms with van der Waals surface area (Å²) in [5, 5.41) is 3.11. The maximum Gasteiger partial charge on any atom is 0.234 e. The Kier molecular flexibility index (Phi) is 5.06. The maximum absolute atomic E-state index is 12.2. The first-order valence-corrected chi connectivity index (χ1v) is 8.56. The van der Waals surface area contributed by atoms with E-state index in [1.165, 1.54) is 12.8 Å². The van der Waals surface area contributed by atoms with Crippen LogP contribution >= 0.6 is 0 Å². The average molecular weight is 318 g/mol. The molecule has 1 aliphatic heterocycles. The van der Waals surface area contributed by atoms with Crippen molar-refractivity contribution in [3.05, 3.63) is 24.3 Å². The lowest BCUT2D eigenvalue weighted by Gasteiger charge is -2.30. The highest BCUT2D eigenvalue weighted by atomic mass is 16.6. The van der Waals surface area contributed by atoms with Gasteiger partial charge in [0.05, 0.1) is 6.54 Å². The Morgan fingerprint density at radius 3 is 2.78 bits per heavy atom. The normalized spacial score (nSPS) is 21.1. The number of amides is 1. The van der Waals surface area contributed by atoms with Crippen LogP contribution in [-0.4, -0.2) is 49.2 Å². The molecule has 0 aromatic heterocycles. The van der Waals surface area contributed by atoms with Crippen molar-refractivity contribution >= 4 is 5.91 Å². The third-order valence-electron chi connectivity index (χ3n) is 4.56. The summed E-state index contributed by atoms with van der Waals surface area (Å²) >= 11 is 0. The van der Waals surface area contributed by atoms with Crippen molar-refractivity contribution in [1.82, 2.24) is 10.2 Å². The molecule has 1 fully saturated rings. The zero-order valence-electron chi connectivity index (χ0n) is 14.0. The van der Waals surface area contributed by atoms with Crippen molar-refractivity contribution in [2.24, 2.45) is 5.92 Å². The van der Waals surface area contributed by atoms with Crippen LogP contribution in [0.2, 0.25) is 0 Å². The van der Waals surface area contributed by atoms with Gasteiger partial charge >= 0.3 is 0 Å². The lowest BCUT2D eigenvalue weighted by Crippen LogP contribution is -2.46. The van der Waals surface area contributed by atoms with E-state index >= 15 is 0 Å². The number of hydrogen-bond donors (Lipinski definition) is 1. The van der Waals surface area contributed by atoms with E-state index in [0.29, 0.717) is 31.7 Å². The van der Waals surface area contributed by atoms with Gasteiger partial charge in [-0.1, -0.05) is 19.1 Å². The molecular formula is C18H26N2O3. The van der Waals surface area contributed by atoms with Crippen LogP contribution in [0.1, 0.15) is 26.7 Å². The fourth-order valence-corrected chi connectivity index (χ4v) is 2.96. The summed E-state index contributed by atoms with van der Waals surface area (Å²) in [6.07, 6.45) is 2.44. The smallest absolute Gasteiger partial charge is 0.234 e. The molecule has 0 radical (unpaired) electrons. The second-order valence-corrected chi connectivity index (χ2v) is 6.52. The van der Waals surface area contributed by atoms with E-state index in [2.05, 4.69) is 24.1 Å². The van der Waals surface area contributed by atoms with E-state index in [-0.39, 0.29) is 12.0 Å². The van der Waals surface area contributed by atoms with Crippen LogP contribution in [-0.2, 0) is 4.79 Å². The van der Waals surface area contributed by atoms with Gasteiger partial charge in [0.2, 0.25) is 5.91 Å². The second kappa shape index (κ2) is 7.21. The fourth-order valence-electron chi connectivity index (χ4n) is 2.96. The van der Waals surface area contributed by atoms with Gasteiger partial charge in [0.15, 0.2) is 11.5 Å². The van der Waals surface area contributed by atoms with Gasteiger partial charge in [-0.2, -0.15) is 0 Å². The predicted octanol–water partition coefficient (Wildman–Crippen LogP) is 2.06. The van der Waals surface area contributed by atoms with Crippen LogP contribution < -0.4 is 14.8 Å². The molecule has 5 nitrogen and oxygen atoms in total. The number of rotatable bonds is 7. The van der Waals surface area contributed by atoms with E-state index in [1.807, 2.05) is 24.3 Å². The number of fused-ring (bicyclic) bond motifs is 1. The van der Waals surface area contributed by atoms with Crippen LogP contribution in [0.25, 0.3) is 0 Å². The highest BCUT2D eigenvalue weighted by Crippen LogP contribution is 2.32. The second-order valence-electron chi connectivity index (χ2n) is 6.52. The molecule has 2 aliphatic rings. The largest absolute Gasteiger partial charge is 0.486 e. The number of carbonyl (C=O) groups excluding carboxylic acids is 1. The Balaban J connectivity index is 1.48. The Hall–Kier alpha value is -1.75. The molecule has 0 spiro atoms. The minimum atomic E-state index is -0.0431. The van der Waals surface area contributed by atoms with Gasteiger partial charge in [0, 0.05) is 12.6 Å². The summed E-state index contributed by atoms with van der Waals surface area (Å²) in [4.78, 5) is 14.3. The molecule has 2 unspecified atom stereocenters. The van der Waals surface area contributed by atoms with Crippen LogP contribution in [0.15, 0.2) is 24.3 Å². The van der Waals surface area contributed by atoms with Crippen molar-refractivity contribution in [3.8, 4) is 11.5 Å². The first kappa shape index (κ1) is 16.1. The first-order valence-electron chi connectivity index (χ1n) is 8.56. The molecule has 1 heterocycles. The molecule has 23 heavy (non-hydrogen) atoms. The summed E-state index contributed by atoms with van der Waals surface area (Å²) in [5.74, 6) is 2.36. The van der Waals surface area contributed by atoms with E-state index in [0.717, 1.165) is 18.0 Å². The fraction of sp³-hybridized carbons (Fsp3) is 0.611. The van der Waals surface area contributed by atoms with Crippen molar-refractivity contribution in [2.75, 3.05) is 26.2 Å². The number of nitrogens with zero attached hydrogens (tertiary/aromatic N) is 1. The minimum Gasteiger partial charge on any atom is -0.486 e. The van der Waals surface area contributed by atoms with Crippen molar-refractivity contribution < 1.29 is 14.3 Å². The number of hydrogen-bond acceptors (Lipinski definition) is 4. The van der Waals surface area contributed by atoms with Crippen LogP contribution in [0.4, 0.5) is 0 Å². The van der Waals surface area contributed by atoms with Gasteiger partial charge in [0.25, 0.3) is 0 Å². The summed E-state index contributed by atoms with van der Waals surface area (Å²) in [6, 6.07) is 8.00. The number of benzene rings is 1. The van der Waals surface area contributed by atoms with E-state index < -0.39 is 0 Å². The number of nitrogens with one attached hydrogen (secondary N) is 1. The number of likely N-dealkylation sites (N-methyl/N-ethyl adjacent to an activating group) is 1. The lowest BCUT2D eigenvalue weighted by atomic mass is 10.2. The van der Waals surface area contributed by atoms with Gasteiger partial charge in [-0.3, -0.25) is 9.69 Å². The lowest BCUT2D eigenvalue weighted by molar-refractivity contribution is -0.123. The van der Waals surface area contributed by atoms with Gasteiger partial charge in [-0.15, -0.1) is 0 Å². The zero-order chi connectivity index (χ0) is 16.2. The van der Waals surface area contributed by atoms with E-state index in [1.54, 1.807) is 0 Å². The Morgan fingerprint density at radius 2 is 2.09 bits per heavy atom. The molecular weight excluding hydrogens is 292 g/mol. The van der Waals surface area contributed by atoms with Crippen LogP contribution in [0, 0.1) is 5.92 Å². The molecule has 1 amide bonds. The zero-order valence-corrected chi connectivity index (χ0v) is 14.0. The Bertz CT molecular complexity index is 545. The topological polar surface area (TPSA) is 50.8 Å². The minimum absolute atomic E-state index is 0.0431. The molecule has 5 heteroatoms. The standard InChI is InChI=1S/C18H26N2O3/c1-3-20(11-18(21)19-13(2)14-8-9-14)10-15-12-22-16-6-4-5-7-17(16)23-15/h4-7,13-15H,3,8-12H2,1-2H3,(H,19,21). The monoisotopic (exact) mass is 318 g/mol. The van der Waals surface area contributed by atoms with Gasteiger partial charge in [0.1, 0.15) is 12.7 Å². The molecule has 126 valence electrons. The predicted molar refractivity (Wildman–Crippen MR) is 88.8 cm³/mol. The highest BCUT2D eigenvalue weighted by Gasteiger charge is 2.29. The van der Waals surface area contributed by atoms with Crippen LogP contribution in [0.3, 0.4) is 0 Å². The first-order chi connectivity index (χ1) is 11.2. The SMILES string of the molecule is CCN(CC(=O)NC(C)C1CC1)CC1COc2ccccc2O1. The summed E-state index contributed by atoms with van der Waals surface area (Å²) in [7, 11) is 0. The van der Waals surface area contributed by atoms with Crippen molar-refractivity contribution in [1.29, 1.82) is 0 Å². The molecule has 1 aliphatic carbocycles. The third-order valence-corrected chi connectivity index (χ3v) is 4.56. The summed E-state index contributed by atoms with van der Waals surface area (Å²) in [5.41, 5.74) is 0. The van der Waals surface area contributed by atoms with Crippen LogP contribution in [0.5, 0.6) is 11.5 Å². The number of para-hydroxylation sites is 2. The summed E-state index contributed by atoms with van der Waals surface area (Å²) < 4.78 is 11.7. The van der Waals surface area contributed by atoms with Gasteiger partial charge < -0.3 is 14.8 Å². The van der Waals surface area contributed by atoms with Crippen molar-refractivity contribution in [2.45, 2.75) is 38.8 Å². The maximum atomic E-state index is 12.2. The quantitative estimate of drug-likeness (QED) is 0.836. The average Bonchev–Trinajstić information content (AvgIpc) is 3.39. The van der Waals surface area contributed by atoms with Gasteiger partial charge in [-0.05, 0) is 44.4 Å².